The first-order chi connectivity index (χ1) is 11.3. The molecule has 2 bridgehead atoms. The van der Waals surface area contributed by atoms with E-state index in [1.807, 2.05) is 6.07 Å². The summed E-state index contributed by atoms with van der Waals surface area (Å²) in [5, 5.41) is 10.1. The molecule has 0 spiro atoms. The number of phenolic OH excluding ortho intramolecular Hbond substituents is 1. The summed E-state index contributed by atoms with van der Waals surface area (Å²) < 4.78 is 5.40. The van der Waals surface area contributed by atoms with Gasteiger partial charge in [0.2, 0.25) is 0 Å². The van der Waals surface area contributed by atoms with Gasteiger partial charge in [0.05, 0.1) is 13.2 Å². The highest BCUT2D eigenvalue weighted by atomic mass is 16.5. The van der Waals surface area contributed by atoms with E-state index < -0.39 is 0 Å². The maximum atomic E-state index is 10.1. The summed E-state index contributed by atoms with van der Waals surface area (Å²) in [7, 11) is 0. The molecule has 5 rings (SSSR count). The standard InChI is InChI=1S/C20H27NO2/c22-16-5-4-15-9-19-17-3-1-2-6-20(17,18(15)10-16)7-8-21(19)11-14-12-23-13-14/h4-5,10,14,17,19,22H,1-3,6-9,11-13H2/t17-,19+,20+/m0/s1. The Kier molecular flexibility index (Phi) is 3.24. The number of piperidine rings is 1. The molecule has 1 aromatic rings. The molecule has 2 aliphatic carbocycles. The van der Waals surface area contributed by atoms with Crippen LogP contribution in [0, 0.1) is 11.8 Å². The van der Waals surface area contributed by atoms with Crippen LogP contribution < -0.4 is 0 Å². The topological polar surface area (TPSA) is 32.7 Å². The number of benzene rings is 1. The highest BCUT2D eigenvalue weighted by Gasteiger charge is 2.54. The molecular weight excluding hydrogens is 286 g/mol. The molecule has 0 aromatic heterocycles. The predicted molar refractivity (Wildman–Crippen MR) is 89.7 cm³/mol. The maximum absolute atomic E-state index is 10.1. The van der Waals surface area contributed by atoms with Crippen molar-refractivity contribution in [2.75, 3.05) is 26.3 Å². The van der Waals surface area contributed by atoms with Crippen molar-refractivity contribution in [1.82, 2.24) is 4.90 Å². The molecule has 23 heavy (non-hydrogen) atoms. The molecular formula is C20H27NO2. The van der Waals surface area contributed by atoms with Crippen LogP contribution in [0.1, 0.15) is 43.2 Å². The molecule has 2 aliphatic heterocycles. The highest BCUT2D eigenvalue weighted by Crippen LogP contribution is 2.56. The van der Waals surface area contributed by atoms with Gasteiger partial charge in [-0.05, 0) is 61.4 Å². The fourth-order valence-electron chi connectivity index (χ4n) is 6.02. The van der Waals surface area contributed by atoms with E-state index in [1.165, 1.54) is 62.7 Å². The molecule has 1 N–H and O–H groups in total. The van der Waals surface area contributed by atoms with Crippen LogP contribution in [-0.4, -0.2) is 42.4 Å². The number of ether oxygens (including phenoxy) is 1. The Bertz CT molecular complexity index is 612. The lowest BCUT2D eigenvalue weighted by Crippen LogP contribution is -2.62. The fourth-order valence-corrected chi connectivity index (χ4v) is 6.02. The van der Waals surface area contributed by atoms with Gasteiger partial charge in [0.25, 0.3) is 0 Å². The molecule has 0 unspecified atom stereocenters. The summed E-state index contributed by atoms with van der Waals surface area (Å²) >= 11 is 0. The second-order valence-electron chi connectivity index (χ2n) is 8.27. The molecule has 2 heterocycles. The van der Waals surface area contributed by atoms with Crippen LogP contribution in [0.15, 0.2) is 18.2 Å². The van der Waals surface area contributed by atoms with Crippen LogP contribution in [0.2, 0.25) is 0 Å². The van der Waals surface area contributed by atoms with Gasteiger partial charge in [0.1, 0.15) is 5.75 Å². The SMILES string of the molecule is Oc1ccc2c(c1)[C@@]13CCCC[C@H]1[C@@H](C2)N(CC1COC1)CC3. The quantitative estimate of drug-likeness (QED) is 0.911. The largest absolute Gasteiger partial charge is 0.508 e. The Labute approximate surface area is 138 Å². The molecule has 124 valence electrons. The van der Waals surface area contributed by atoms with E-state index >= 15 is 0 Å². The minimum absolute atomic E-state index is 0.349. The van der Waals surface area contributed by atoms with Gasteiger partial charge in [0, 0.05) is 23.9 Å². The molecule has 3 atom stereocenters. The van der Waals surface area contributed by atoms with Crippen LogP contribution in [0.5, 0.6) is 5.75 Å². The number of likely N-dealkylation sites (tertiary alicyclic amines) is 1. The van der Waals surface area contributed by atoms with Crippen molar-refractivity contribution in [3.05, 3.63) is 29.3 Å². The number of rotatable bonds is 2. The van der Waals surface area contributed by atoms with Crippen LogP contribution in [-0.2, 0) is 16.6 Å². The van der Waals surface area contributed by atoms with Gasteiger partial charge >= 0.3 is 0 Å². The van der Waals surface area contributed by atoms with Gasteiger partial charge < -0.3 is 9.84 Å². The molecule has 3 nitrogen and oxygen atoms in total. The average molecular weight is 313 g/mol. The Morgan fingerprint density at radius 3 is 2.96 bits per heavy atom. The second kappa shape index (κ2) is 5.22. The molecule has 0 amide bonds. The number of phenols is 1. The minimum atomic E-state index is 0.349. The summed E-state index contributed by atoms with van der Waals surface area (Å²) in [6, 6.07) is 6.89. The van der Waals surface area contributed by atoms with E-state index in [1.54, 1.807) is 0 Å². The van der Waals surface area contributed by atoms with Crippen LogP contribution >= 0.6 is 0 Å². The molecule has 0 radical (unpaired) electrons. The van der Waals surface area contributed by atoms with Crippen molar-refractivity contribution in [2.24, 2.45) is 11.8 Å². The summed E-state index contributed by atoms with van der Waals surface area (Å²) in [5.41, 5.74) is 3.34. The van der Waals surface area contributed by atoms with Crippen molar-refractivity contribution in [2.45, 2.75) is 50.0 Å². The molecule has 3 heteroatoms. The van der Waals surface area contributed by atoms with Gasteiger partial charge in [-0.1, -0.05) is 18.9 Å². The third kappa shape index (κ3) is 2.09. The van der Waals surface area contributed by atoms with Gasteiger partial charge in [-0.25, -0.2) is 0 Å². The first kappa shape index (κ1) is 14.3. The zero-order valence-corrected chi connectivity index (χ0v) is 13.8. The summed E-state index contributed by atoms with van der Waals surface area (Å²) in [6.07, 6.45) is 7.89. The van der Waals surface area contributed by atoms with E-state index in [2.05, 4.69) is 17.0 Å². The Morgan fingerprint density at radius 1 is 1.22 bits per heavy atom. The van der Waals surface area contributed by atoms with Gasteiger partial charge in [0.15, 0.2) is 0 Å². The fraction of sp³-hybridized carbons (Fsp3) is 0.700. The van der Waals surface area contributed by atoms with E-state index in [0.29, 0.717) is 17.2 Å². The lowest BCUT2D eigenvalue weighted by Gasteiger charge is -2.59. The monoisotopic (exact) mass is 313 g/mol. The third-order valence-electron chi connectivity index (χ3n) is 7.14. The van der Waals surface area contributed by atoms with Gasteiger partial charge in [-0.2, -0.15) is 0 Å². The van der Waals surface area contributed by atoms with Crippen molar-refractivity contribution in [3.63, 3.8) is 0 Å². The van der Waals surface area contributed by atoms with E-state index in [-0.39, 0.29) is 0 Å². The molecule has 2 saturated heterocycles. The lowest BCUT2D eigenvalue weighted by atomic mass is 9.52. The van der Waals surface area contributed by atoms with E-state index in [0.717, 1.165) is 25.0 Å². The number of hydrogen-bond donors (Lipinski definition) is 1. The lowest BCUT2D eigenvalue weighted by molar-refractivity contribution is -0.0774. The first-order valence-corrected chi connectivity index (χ1v) is 9.40. The summed E-state index contributed by atoms with van der Waals surface area (Å²) in [6.45, 7) is 4.38. The number of fused-ring (bicyclic) bond motifs is 1. The predicted octanol–water partition coefficient (Wildman–Crippen LogP) is 3.10. The second-order valence-corrected chi connectivity index (χ2v) is 8.27. The minimum Gasteiger partial charge on any atom is -0.508 e. The van der Waals surface area contributed by atoms with Crippen molar-refractivity contribution in [3.8, 4) is 5.75 Å². The van der Waals surface area contributed by atoms with Crippen LogP contribution in [0.4, 0.5) is 0 Å². The maximum Gasteiger partial charge on any atom is 0.115 e. The van der Waals surface area contributed by atoms with Gasteiger partial charge in [-0.15, -0.1) is 0 Å². The van der Waals surface area contributed by atoms with E-state index in [9.17, 15) is 5.11 Å². The number of nitrogens with zero attached hydrogens (tertiary/aromatic N) is 1. The smallest absolute Gasteiger partial charge is 0.115 e. The van der Waals surface area contributed by atoms with E-state index in [4.69, 9.17) is 4.74 Å². The Morgan fingerprint density at radius 2 is 2.13 bits per heavy atom. The summed E-state index contributed by atoms with van der Waals surface area (Å²) in [4.78, 5) is 2.79. The molecule has 1 saturated carbocycles. The first-order valence-electron chi connectivity index (χ1n) is 9.40. The Hall–Kier alpha value is -1.06. The van der Waals surface area contributed by atoms with Crippen LogP contribution in [0.25, 0.3) is 0 Å². The summed E-state index contributed by atoms with van der Waals surface area (Å²) in [5.74, 6) is 2.00. The number of hydrogen-bond acceptors (Lipinski definition) is 3. The van der Waals surface area contributed by atoms with Gasteiger partial charge in [-0.3, -0.25) is 4.90 Å². The molecule has 1 aromatic carbocycles. The van der Waals surface area contributed by atoms with Crippen molar-refractivity contribution in [1.29, 1.82) is 0 Å². The number of aromatic hydroxyl groups is 1. The third-order valence-corrected chi connectivity index (χ3v) is 7.14. The van der Waals surface area contributed by atoms with Crippen LogP contribution in [0.3, 0.4) is 0 Å². The van der Waals surface area contributed by atoms with Crippen molar-refractivity contribution < 1.29 is 9.84 Å². The highest BCUT2D eigenvalue weighted by molar-refractivity contribution is 5.45. The zero-order chi connectivity index (χ0) is 15.4. The normalized spacial score (nSPS) is 36.9. The Balaban J connectivity index is 1.54. The average Bonchev–Trinajstić information content (AvgIpc) is 2.53. The molecule has 4 aliphatic rings. The zero-order valence-electron chi connectivity index (χ0n) is 13.8. The molecule has 3 fully saturated rings. The van der Waals surface area contributed by atoms with Crippen molar-refractivity contribution >= 4 is 0 Å².